The van der Waals surface area contributed by atoms with Crippen LogP contribution >= 0.6 is 27.5 Å². The first-order valence-corrected chi connectivity index (χ1v) is 6.73. The zero-order valence-corrected chi connectivity index (χ0v) is 13.0. The van der Waals surface area contributed by atoms with Gasteiger partial charge in [-0.05, 0) is 51.0 Å². The number of ether oxygens (including phenoxy) is 2. The lowest BCUT2D eigenvalue weighted by molar-refractivity contribution is -0.129. The Labute approximate surface area is 116 Å². The molecule has 1 rings (SSSR count). The van der Waals surface area contributed by atoms with Crippen molar-refractivity contribution in [2.45, 2.75) is 33.3 Å². The summed E-state index contributed by atoms with van der Waals surface area (Å²) in [5.74, 6) is 0. The molecule has 0 saturated carbocycles. The molecule has 0 atom stereocenters. The largest absolute Gasteiger partial charge is 0.356 e. The molecule has 0 unspecified atom stereocenters. The highest BCUT2D eigenvalue weighted by Crippen LogP contribution is 2.34. The number of hydrogen-bond donors (Lipinski definition) is 0. The van der Waals surface area contributed by atoms with Gasteiger partial charge in [0.05, 0.1) is 5.60 Å². The van der Waals surface area contributed by atoms with Crippen molar-refractivity contribution in [2.75, 3.05) is 13.4 Å². The Bertz CT molecular complexity index is 391. The summed E-state index contributed by atoms with van der Waals surface area (Å²) < 4.78 is 11.9. The molecular formula is C13H18BrClO2. The van der Waals surface area contributed by atoms with Crippen LogP contribution in [-0.2, 0) is 15.1 Å². The van der Waals surface area contributed by atoms with E-state index in [9.17, 15) is 0 Å². The first-order chi connectivity index (χ1) is 7.88. The quantitative estimate of drug-likeness (QED) is 0.580. The van der Waals surface area contributed by atoms with E-state index in [1.807, 2.05) is 39.8 Å². The van der Waals surface area contributed by atoms with Gasteiger partial charge in [0.2, 0.25) is 0 Å². The first kappa shape index (κ1) is 15.0. The molecule has 2 nitrogen and oxygen atoms in total. The summed E-state index contributed by atoms with van der Waals surface area (Å²) in [6, 6.07) is 3.94. The van der Waals surface area contributed by atoms with E-state index >= 15 is 0 Å². The Balaban J connectivity index is 2.93. The average Bonchev–Trinajstić information content (AvgIpc) is 2.23. The zero-order valence-electron chi connectivity index (χ0n) is 10.6. The zero-order chi connectivity index (χ0) is 13.1. The van der Waals surface area contributed by atoms with Crippen LogP contribution in [-0.4, -0.2) is 13.4 Å². The topological polar surface area (TPSA) is 18.5 Å². The molecule has 0 heterocycles. The molecule has 17 heavy (non-hydrogen) atoms. The van der Waals surface area contributed by atoms with Gasteiger partial charge in [-0.1, -0.05) is 27.5 Å². The molecule has 0 bridgehead atoms. The van der Waals surface area contributed by atoms with Gasteiger partial charge >= 0.3 is 0 Å². The van der Waals surface area contributed by atoms with E-state index in [-0.39, 0.29) is 6.79 Å². The van der Waals surface area contributed by atoms with Crippen molar-refractivity contribution >= 4 is 27.5 Å². The fourth-order valence-corrected chi connectivity index (χ4v) is 2.56. The van der Waals surface area contributed by atoms with Crippen LogP contribution in [0.1, 0.15) is 31.9 Å². The standard InChI is InChI=1S/C13H18BrClO2/c1-5-16-8-17-13(3,4)10-7-12(15)9(2)6-11(10)14/h6-7H,5,8H2,1-4H3. The summed E-state index contributed by atoms with van der Waals surface area (Å²) in [4.78, 5) is 0. The predicted octanol–water partition coefficient (Wildman–Crippen LogP) is 4.66. The molecule has 0 aromatic heterocycles. The summed E-state index contributed by atoms with van der Waals surface area (Å²) in [5, 5.41) is 0.747. The summed E-state index contributed by atoms with van der Waals surface area (Å²) in [6.45, 7) is 8.84. The summed E-state index contributed by atoms with van der Waals surface area (Å²) in [7, 11) is 0. The minimum atomic E-state index is -0.439. The van der Waals surface area contributed by atoms with E-state index in [1.165, 1.54) is 0 Å². The smallest absolute Gasteiger partial charge is 0.147 e. The van der Waals surface area contributed by atoms with Crippen molar-refractivity contribution in [3.63, 3.8) is 0 Å². The van der Waals surface area contributed by atoms with E-state index in [0.29, 0.717) is 6.61 Å². The van der Waals surface area contributed by atoms with Crippen LogP contribution in [0.15, 0.2) is 16.6 Å². The van der Waals surface area contributed by atoms with Crippen molar-refractivity contribution < 1.29 is 9.47 Å². The van der Waals surface area contributed by atoms with E-state index < -0.39 is 5.60 Å². The molecule has 0 fully saturated rings. The third-order valence-corrected chi connectivity index (χ3v) is 3.67. The maximum absolute atomic E-state index is 6.15. The number of hydrogen-bond acceptors (Lipinski definition) is 2. The second-order valence-electron chi connectivity index (χ2n) is 4.35. The minimum absolute atomic E-state index is 0.279. The third-order valence-electron chi connectivity index (χ3n) is 2.60. The van der Waals surface area contributed by atoms with E-state index in [0.717, 1.165) is 20.6 Å². The van der Waals surface area contributed by atoms with Crippen molar-refractivity contribution in [1.29, 1.82) is 0 Å². The van der Waals surface area contributed by atoms with Crippen molar-refractivity contribution in [2.24, 2.45) is 0 Å². The number of halogens is 2. The number of rotatable bonds is 5. The molecule has 0 aliphatic carbocycles. The first-order valence-electron chi connectivity index (χ1n) is 5.56. The third kappa shape index (κ3) is 3.95. The number of benzene rings is 1. The van der Waals surface area contributed by atoms with Gasteiger partial charge < -0.3 is 9.47 Å². The molecule has 0 amide bonds. The van der Waals surface area contributed by atoms with Crippen molar-refractivity contribution in [1.82, 2.24) is 0 Å². The Morgan fingerprint density at radius 1 is 1.35 bits per heavy atom. The van der Waals surface area contributed by atoms with Crippen molar-refractivity contribution in [3.05, 3.63) is 32.8 Å². The van der Waals surface area contributed by atoms with Crippen LogP contribution < -0.4 is 0 Å². The molecule has 0 N–H and O–H groups in total. The molecule has 0 aliphatic rings. The van der Waals surface area contributed by atoms with Gasteiger partial charge in [-0.3, -0.25) is 0 Å². The van der Waals surface area contributed by atoms with Gasteiger partial charge in [0.25, 0.3) is 0 Å². The summed E-state index contributed by atoms with van der Waals surface area (Å²) >= 11 is 9.69. The Hall–Kier alpha value is -0.0900. The molecule has 0 aliphatic heterocycles. The number of aryl methyl sites for hydroxylation is 1. The maximum Gasteiger partial charge on any atom is 0.147 e. The second kappa shape index (κ2) is 6.19. The van der Waals surface area contributed by atoms with E-state index in [2.05, 4.69) is 15.9 Å². The lowest BCUT2D eigenvalue weighted by Gasteiger charge is -2.27. The van der Waals surface area contributed by atoms with Gasteiger partial charge in [0, 0.05) is 16.1 Å². The summed E-state index contributed by atoms with van der Waals surface area (Å²) in [6.07, 6.45) is 0. The summed E-state index contributed by atoms with van der Waals surface area (Å²) in [5.41, 5.74) is 1.63. The minimum Gasteiger partial charge on any atom is -0.356 e. The SMILES string of the molecule is CCOCOC(C)(C)c1cc(Cl)c(C)cc1Br. The van der Waals surface area contributed by atoms with Gasteiger partial charge in [-0.2, -0.15) is 0 Å². The molecular weight excluding hydrogens is 303 g/mol. The van der Waals surface area contributed by atoms with Crippen molar-refractivity contribution in [3.8, 4) is 0 Å². The molecule has 96 valence electrons. The Kier molecular flexibility index (Phi) is 5.45. The highest BCUT2D eigenvalue weighted by Gasteiger charge is 2.24. The van der Waals surface area contributed by atoms with Crippen LogP contribution in [0.5, 0.6) is 0 Å². The predicted molar refractivity (Wildman–Crippen MR) is 74.5 cm³/mol. The fourth-order valence-electron chi connectivity index (χ4n) is 1.46. The van der Waals surface area contributed by atoms with Gasteiger partial charge in [0.15, 0.2) is 0 Å². The lowest BCUT2D eigenvalue weighted by atomic mass is 9.97. The second-order valence-corrected chi connectivity index (χ2v) is 5.61. The molecule has 1 aromatic rings. The highest BCUT2D eigenvalue weighted by atomic mass is 79.9. The fraction of sp³-hybridized carbons (Fsp3) is 0.538. The van der Waals surface area contributed by atoms with Crippen LogP contribution in [0, 0.1) is 6.92 Å². The highest BCUT2D eigenvalue weighted by molar-refractivity contribution is 9.10. The molecule has 4 heteroatoms. The van der Waals surface area contributed by atoms with E-state index in [1.54, 1.807) is 0 Å². The normalized spacial score (nSPS) is 11.9. The van der Waals surface area contributed by atoms with Crippen LogP contribution in [0.3, 0.4) is 0 Å². The van der Waals surface area contributed by atoms with Gasteiger partial charge in [-0.15, -0.1) is 0 Å². The Morgan fingerprint density at radius 2 is 2.00 bits per heavy atom. The van der Waals surface area contributed by atoms with Gasteiger partial charge in [0.1, 0.15) is 6.79 Å². The molecule has 0 radical (unpaired) electrons. The van der Waals surface area contributed by atoms with Crippen LogP contribution in [0.4, 0.5) is 0 Å². The molecule has 1 aromatic carbocycles. The lowest BCUT2D eigenvalue weighted by Crippen LogP contribution is -2.24. The monoisotopic (exact) mass is 320 g/mol. The van der Waals surface area contributed by atoms with Crippen LogP contribution in [0.25, 0.3) is 0 Å². The molecule has 0 saturated heterocycles. The average molecular weight is 322 g/mol. The Morgan fingerprint density at radius 3 is 2.59 bits per heavy atom. The van der Waals surface area contributed by atoms with Crippen LogP contribution in [0.2, 0.25) is 5.02 Å². The van der Waals surface area contributed by atoms with E-state index in [4.69, 9.17) is 21.1 Å². The molecule has 0 spiro atoms. The maximum atomic E-state index is 6.15. The van der Waals surface area contributed by atoms with Gasteiger partial charge in [-0.25, -0.2) is 0 Å².